The van der Waals surface area contributed by atoms with Gasteiger partial charge < -0.3 is 14.4 Å². The fraction of sp³-hybridized carbons (Fsp3) is 0.667. The molecule has 0 spiro atoms. The summed E-state index contributed by atoms with van der Waals surface area (Å²) in [6.45, 7) is 2.92. The van der Waals surface area contributed by atoms with E-state index in [2.05, 4.69) is 4.74 Å². The standard InChI is InChI=1S/C12H17NO5/c1-2-18-11(16)7-10(15)9(8-14)12(17)13-5-3-4-6-13/h8-9H,2-7H2,1H3. The molecule has 1 atom stereocenters. The van der Waals surface area contributed by atoms with E-state index < -0.39 is 30.0 Å². The van der Waals surface area contributed by atoms with Gasteiger partial charge in [0.1, 0.15) is 12.7 Å². The third-order valence-corrected chi connectivity index (χ3v) is 2.79. The second kappa shape index (κ2) is 6.88. The topological polar surface area (TPSA) is 80.8 Å². The van der Waals surface area contributed by atoms with Crippen molar-refractivity contribution in [3.63, 3.8) is 0 Å². The number of ketones is 1. The summed E-state index contributed by atoms with van der Waals surface area (Å²) in [5, 5.41) is 0. The highest BCUT2D eigenvalue weighted by molar-refractivity contribution is 6.16. The van der Waals surface area contributed by atoms with Gasteiger partial charge in [-0.3, -0.25) is 14.4 Å². The molecule has 0 N–H and O–H groups in total. The van der Waals surface area contributed by atoms with Crippen molar-refractivity contribution in [3.05, 3.63) is 0 Å². The van der Waals surface area contributed by atoms with Crippen LogP contribution in [0.2, 0.25) is 0 Å². The Hall–Kier alpha value is -1.72. The summed E-state index contributed by atoms with van der Waals surface area (Å²) in [7, 11) is 0. The van der Waals surface area contributed by atoms with Crippen molar-refractivity contribution in [2.45, 2.75) is 26.2 Å². The molecule has 0 aromatic heterocycles. The number of carbonyl (C=O) groups excluding carboxylic acids is 4. The molecule has 1 fully saturated rings. The molecule has 0 aromatic rings. The third kappa shape index (κ3) is 3.65. The van der Waals surface area contributed by atoms with Gasteiger partial charge in [-0.05, 0) is 19.8 Å². The van der Waals surface area contributed by atoms with Gasteiger partial charge in [0.2, 0.25) is 5.91 Å². The summed E-state index contributed by atoms with van der Waals surface area (Å²) in [5.74, 6) is -3.27. The largest absolute Gasteiger partial charge is 0.466 e. The van der Waals surface area contributed by atoms with Gasteiger partial charge in [0.25, 0.3) is 0 Å². The van der Waals surface area contributed by atoms with Crippen molar-refractivity contribution in [2.24, 2.45) is 5.92 Å². The summed E-state index contributed by atoms with van der Waals surface area (Å²) >= 11 is 0. The SMILES string of the molecule is CCOC(=O)CC(=O)C(C=O)C(=O)N1CCCC1. The molecular formula is C12H17NO5. The van der Waals surface area contributed by atoms with Gasteiger partial charge in [-0.2, -0.15) is 0 Å². The number of esters is 1. The van der Waals surface area contributed by atoms with Crippen LogP contribution in [0.4, 0.5) is 0 Å². The Balaban J connectivity index is 2.58. The predicted octanol–water partition coefficient (Wildman–Crippen LogP) is -0.0538. The van der Waals surface area contributed by atoms with E-state index in [0.717, 1.165) is 12.8 Å². The second-order valence-corrected chi connectivity index (χ2v) is 4.09. The zero-order valence-corrected chi connectivity index (χ0v) is 10.4. The van der Waals surface area contributed by atoms with Gasteiger partial charge in [0, 0.05) is 13.1 Å². The Morgan fingerprint density at radius 2 is 1.89 bits per heavy atom. The van der Waals surface area contributed by atoms with Crippen LogP contribution in [-0.2, 0) is 23.9 Å². The lowest BCUT2D eigenvalue weighted by Crippen LogP contribution is -2.39. The molecule has 6 heteroatoms. The molecular weight excluding hydrogens is 238 g/mol. The minimum atomic E-state index is -1.37. The van der Waals surface area contributed by atoms with Gasteiger partial charge in [-0.1, -0.05) is 0 Å². The highest BCUT2D eigenvalue weighted by Gasteiger charge is 2.32. The Morgan fingerprint density at radius 3 is 2.39 bits per heavy atom. The van der Waals surface area contributed by atoms with Crippen molar-refractivity contribution in [2.75, 3.05) is 19.7 Å². The summed E-state index contributed by atoms with van der Waals surface area (Å²) in [5.41, 5.74) is 0. The summed E-state index contributed by atoms with van der Waals surface area (Å²) in [6.07, 6.45) is 1.53. The van der Waals surface area contributed by atoms with Crippen LogP contribution in [0.3, 0.4) is 0 Å². The average Bonchev–Trinajstić information content (AvgIpc) is 2.83. The Morgan fingerprint density at radius 1 is 1.28 bits per heavy atom. The van der Waals surface area contributed by atoms with Gasteiger partial charge in [0.05, 0.1) is 6.61 Å². The number of Topliss-reactive ketones (excluding diaryl/α,β-unsaturated/α-hetero) is 1. The molecule has 0 bridgehead atoms. The first-order valence-corrected chi connectivity index (χ1v) is 6.02. The van der Waals surface area contributed by atoms with Crippen LogP contribution >= 0.6 is 0 Å². The van der Waals surface area contributed by atoms with E-state index in [1.165, 1.54) is 4.90 Å². The molecule has 1 amide bonds. The first-order valence-electron chi connectivity index (χ1n) is 6.02. The Kier molecular flexibility index (Phi) is 5.48. The zero-order valence-electron chi connectivity index (χ0n) is 10.4. The lowest BCUT2D eigenvalue weighted by atomic mass is 10.0. The number of aldehydes is 1. The normalized spacial score (nSPS) is 16.2. The Bertz CT molecular complexity index is 346. The molecule has 1 rings (SSSR count). The average molecular weight is 255 g/mol. The molecule has 1 heterocycles. The van der Waals surface area contributed by atoms with E-state index in [9.17, 15) is 19.2 Å². The minimum Gasteiger partial charge on any atom is -0.466 e. The van der Waals surface area contributed by atoms with E-state index in [0.29, 0.717) is 19.4 Å². The maximum absolute atomic E-state index is 11.9. The molecule has 0 aliphatic carbocycles. The molecule has 0 aromatic carbocycles. The molecule has 18 heavy (non-hydrogen) atoms. The number of nitrogens with zero attached hydrogens (tertiary/aromatic N) is 1. The van der Waals surface area contributed by atoms with E-state index >= 15 is 0 Å². The van der Waals surface area contributed by atoms with Crippen LogP contribution in [0.25, 0.3) is 0 Å². The number of amides is 1. The van der Waals surface area contributed by atoms with Crippen LogP contribution in [0.5, 0.6) is 0 Å². The van der Waals surface area contributed by atoms with E-state index in [4.69, 9.17) is 0 Å². The van der Waals surface area contributed by atoms with Crippen LogP contribution in [0.15, 0.2) is 0 Å². The number of hydrogen-bond donors (Lipinski definition) is 0. The van der Waals surface area contributed by atoms with Crippen molar-refractivity contribution in [1.29, 1.82) is 0 Å². The molecule has 0 saturated carbocycles. The first-order chi connectivity index (χ1) is 8.60. The molecule has 100 valence electrons. The summed E-state index contributed by atoms with van der Waals surface area (Å²) < 4.78 is 4.61. The van der Waals surface area contributed by atoms with Crippen molar-refractivity contribution in [3.8, 4) is 0 Å². The minimum absolute atomic E-state index is 0.165. The maximum atomic E-state index is 11.9. The van der Waals surface area contributed by atoms with Crippen molar-refractivity contribution < 1.29 is 23.9 Å². The maximum Gasteiger partial charge on any atom is 0.313 e. The second-order valence-electron chi connectivity index (χ2n) is 4.09. The van der Waals surface area contributed by atoms with E-state index in [1.807, 2.05) is 0 Å². The van der Waals surface area contributed by atoms with Crippen LogP contribution in [0.1, 0.15) is 26.2 Å². The van der Waals surface area contributed by atoms with Crippen molar-refractivity contribution >= 4 is 23.9 Å². The molecule has 1 aliphatic heterocycles. The van der Waals surface area contributed by atoms with Gasteiger partial charge in [-0.15, -0.1) is 0 Å². The number of ether oxygens (including phenoxy) is 1. The number of rotatable bonds is 6. The molecule has 1 aliphatic rings. The van der Waals surface area contributed by atoms with Gasteiger partial charge in [-0.25, -0.2) is 0 Å². The molecule has 1 unspecified atom stereocenters. The number of carbonyl (C=O) groups is 4. The summed E-state index contributed by atoms with van der Waals surface area (Å²) in [4.78, 5) is 47.0. The monoisotopic (exact) mass is 255 g/mol. The fourth-order valence-corrected chi connectivity index (χ4v) is 1.87. The zero-order chi connectivity index (χ0) is 13.5. The first kappa shape index (κ1) is 14.3. The van der Waals surface area contributed by atoms with Crippen LogP contribution in [-0.4, -0.2) is 48.5 Å². The Labute approximate surface area is 105 Å². The molecule has 6 nitrogen and oxygen atoms in total. The third-order valence-electron chi connectivity index (χ3n) is 2.79. The highest BCUT2D eigenvalue weighted by Crippen LogP contribution is 2.13. The molecule has 1 saturated heterocycles. The molecule has 0 radical (unpaired) electrons. The van der Waals surface area contributed by atoms with Gasteiger partial charge >= 0.3 is 5.97 Å². The van der Waals surface area contributed by atoms with E-state index in [-0.39, 0.29) is 6.61 Å². The summed E-state index contributed by atoms with van der Waals surface area (Å²) in [6, 6.07) is 0. The number of hydrogen-bond acceptors (Lipinski definition) is 5. The quantitative estimate of drug-likeness (QED) is 0.377. The fourth-order valence-electron chi connectivity index (χ4n) is 1.87. The lowest BCUT2D eigenvalue weighted by molar-refractivity contribution is -0.148. The smallest absolute Gasteiger partial charge is 0.313 e. The lowest BCUT2D eigenvalue weighted by Gasteiger charge is -2.18. The van der Waals surface area contributed by atoms with Crippen LogP contribution < -0.4 is 0 Å². The highest BCUT2D eigenvalue weighted by atomic mass is 16.5. The number of likely N-dealkylation sites (tertiary alicyclic amines) is 1. The predicted molar refractivity (Wildman–Crippen MR) is 61.6 cm³/mol. The van der Waals surface area contributed by atoms with Gasteiger partial charge in [0.15, 0.2) is 11.7 Å². The van der Waals surface area contributed by atoms with Crippen LogP contribution in [0, 0.1) is 5.92 Å². The van der Waals surface area contributed by atoms with E-state index in [1.54, 1.807) is 6.92 Å². The van der Waals surface area contributed by atoms with Crippen molar-refractivity contribution in [1.82, 2.24) is 4.90 Å².